The number of carbonyl (C=O) groups excluding carboxylic acids is 1. The second-order valence-corrected chi connectivity index (χ2v) is 9.47. The van der Waals surface area contributed by atoms with Crippen molar-refractivity contribution in [3.8, 4) is 0 Å². The van der Waals surface area contributed by atoms with Crippen molar-refractivity contribution in [2.75, 3.05) is 19.5 Å². The van der Waals surface area contributed by atoms with Gasteiger partial charge in [-0.3, -0.25) is 9.63 Å². The van der Waals surface area contributed by atoms with E-state index in [2.05, 4.69) is 10.3 Å². The van der Waals surface area contributed by atoms with Gasteiger partial charge >= 0.3 is 0 Å². The molecule has 8 nitrogen and oxygen atoms in total. The number of aromatic nitrogens is 1. The summed E-state index contributed by atoms with van der Waals surface area (Å²) in [6, 6.07) is 10.9. The lowest BCUT2D eigenvalue weighted by Crippen LogP contribution is -2.26. The molecule has 0 atom stereocenters. The summed E-state index contributed by atoms with van der Waals surface area (Å²) in [5.74, 6) is 0.164. The Labute approximate surface area is 169 Å². The zero-order valence-electron chi connectivity index (χ0n) is 16.9. The van der Waals surface area contributed by atoms with Crippen LogP contribution >= 0.6 is 0 Å². The zero-order chi connectivity index (χ0) is 21.4. The van der Waals surface area contributed by atoms with Crippen molar-refractivity contribution in [1.82, 2.24) is 9.45 Å². The average molecular weight is 417 g/mol. The van der Waals surface area contributed by atoms with Gasteiger partial charge in [0.15, 0.2) is 5.58 Å². The highest BCUT2D eigenvalue weighted by Crippen LogP contribution is 2.27. The lowest BCUT2D eigenvalue weighted by Gasteiger charge is -2.14. The molecule has 2 aromatic carbocycles. The Morgan fingerprint density at radius 3 is 2.55 bits per heavy atom. The zero-order valence-corrected chi connectivity index (χ0v) is 17.7. The van der Waals surface area contributed by atoms with Gasteiger partial charge in [-0.1, -0.05) is 31.3 Å². The SMILES string of the molecule is CON(C)S(=O)(=O)c1cccc(C(=O)Nc2ccc3oc(C(C)(C)C)nc3c2)c1. The Morgan fingerprint density at radius 1 is 1.17 bits per heavy atom. The standard InChI is InChI=1S/C20H23N3O5S/c1-20(2,3)19-22-16-12-14(9-10-17(16)28-19)21-18(24)13-7-6-8-15(11-13)29(25,26)23(4)27-5/h6-12H,1-5H3,(H,21,24). The molecular formula is C20H23N3O5S. The second kappa shape index (κ2) is 7.58. The lowest BCUT2D eigenvalue weighted by molar-refractivity contribution is -0.0258. The number of hydrogen-bond acceptors (Lipinski definition) is 6. The number of rotatable bonds is 5. The Morgan fingerprint density at radius 2 is 1.90 bits per heavy atom. The molecule has 0 bridgehead atoms. The van der Waals surface area contributed by atoms with E-state index in [1.54, 1.807) is 18.2 Å². The van der Waals surface area contributed by atoms with Crippen LogP contribution in [0.4, 0.5) is 5.69 Å². The van der Waals surface area contributed by atoms with Crippen molar-refractivity contribution in [3.63, 3.8) is 0 Å². The number of benzene rings is 2. The maximum absolute atomic E-state index is 12.6. The van der Waals surface area contributed by atoms with Crippen molar-refractivity contribution in [1.29, 1.82) is 0 Å². The van der Waals surface area contributed by atoms with Gasteiger partial charge in [0.1, 0.15) is 5.52 Å². The second-order valence-electron chi connectivity index (χ2n) is 7.53. The van der Waals surface area contributed by atoms with E-state index in [9.17, 15) is 13.2 Å². The minimum absolute atomic E-state index is 0.0451. The van der Waals surface area contributed by atoms with E-state index >= 15 is 0 Å². The minimum Gasteiger partial charge on any atom is -0.440 e. The highest BCUT2D eigenvalue weighted by atomic mass is 32.2. The van der Waals surface area contributed by atoms with Gasteiger partial charge in [-0.2, -0.15) is 0 Å². The molecule has 1 aromatic heterocycles. The average Bonchev–Trinajstić information content (AvgIpc) is 3.11. The smallest absolute Gasteiger partial charge is 0.264 e. The molecule has 29 heavy (non-hydrogen) atoms. The highest BCUT2D eigenvalue weighted by molar-refractivity contribution is 7.89. The Balaban J connectivity index is 1.86. The summed E-state index contributed by atoms with van der Waals surface area (Å²) in [6.07, 6.45) is 0. The molecule has 9 heteroatoms. The van der Waals surface area contributed by atoms with Gasteiger partial charge in [0.05, 0.1) is 12.0 Å². The van der Waals surface area contributed by atoms with Crippen LogP contribution in [0.25, 0.3) is 11.1 Å². The monoisotopic (exact) mass is 417 g/mol. The molecule has 0 saturated carbocycles. The number of nitrogens with zero attached hydrogens (tertiary/aromatic N) is 2. The summed E-state index contributed by atoms with van der Waals surface area (Å²) in [5.41, 5.74) is 1.75. The Bertz CT molecular complexity index is 1160. The molecule has 0 aliphatic rings. The fraction of sp³-hybridized carbons (Fsp3) is 0.300. The number of fused-ring (bicyclic) bond motifs is 1. The number of hydrogen-bond donors (Lipinski definition) is 1. The van der Waals surface area contributed by atoms with Crippen LogP contribution in [0.2, 0.25) is 0 Å². The molecule has 0 spiro atoms. The molecule has 1 heterocycles. The number of anilines is 1. The van der Waals surface area contributed by atoms with Crippen LogP contribution < -0.4 is 5.32 Å². The number of nitrogens with one attached hydrogen (secondary N) is 1. The van der Waals surface area contributed by atoms with Gasteiger partial charge in [0.2, 0.25) is 5.89 Å². The summed E-state index contributed by atoms with van der Waals surface area (Å²) in [6.45, 7) is 6.01. The van der Waals surface area contributed by atoms with Crippen LogP contribution in [0.3, 0.4) is 0 Å². The van der Waals surface area contributed by atoms with Crippen LogP contribution in [0, 0.1) is 0 Å². The van der Waals surface area contributed by atoms with Crippen LogP contribution in [0.1, 0.15) is 37.0 Å². The summed E-state index contributed by atoms with van der Waals surface area (Å²) < 4.78 is 31.2. The summed E-state index contributed by atoms with van der Waals surface area (Å²) in [7, 11) is -1.32. The first kappa shape index (κ1) is 21.0. The molecule has 154 valence electrons. The minimum atomic E-state index is -3.85. The van der Waals surface area contributed by atoms with Gasteiger partial charge in [-0.15, -0.1) is 0 Å². The predicted molar refractivity (Wildman–Crippen MR) is 109 cm³/mol. The topological polar surface area (TPSA) is 102 Å². The van der Waals surface area contributed by atoms with Gasteiger partial charge in [0, 0.05) is 23.7 Å². The van der Waals surface area contributed by atoms with Gasteiger partial charge in [-0.05, 0) is 36.4 Å². The van der Waals surface area contributed by atoms with Crippen molar-refractivity contribution >= 4 is 32.7 Å². The van der Waals surface area contributed by atoms with Crippen molar-refractivity contribution in [2.24, 2.45) is 0 Å². The Kier molecular flexibility index (Phi) is 5.48. The number of amides is 1. The maximum atomic E-state index is 12.6. The summed E-state index contributed by atoms with van der Waals surface area (Å²) in [5, 5.41) is 2.76. The van der Waals surface area contributed by atoms with Gasteiger partial charge < -0.3 is 9.73 Å². The van der Waals surface area contributed by atoms with E-state index in [4.69, 9.17) is 9.25 Å². The third-order valence-corrected chi connectivity index (χ3v) is 5.95. The third-order valence-electron chi connectivity index (χ3n) is 4.28. The first-order chi connectivity index (χ1) is 13.5. The van der Waals surface area contributed by atoms with Crippen molar-refractivity contribution < 1.29 is 22.5 Å². The van der Waals surface area contributed by atoms with Gasteiger partial charge in [0.25, 0.3) is 15.9 Å². The van der Waals surface area contributed by atoms with Crippen molar-refractivity contribution in [3.05, 3.63) is 53.9 Å². The molecule has 0 aliphatic heterocycles. The van der Waals surface area contributed by atoms with Crippen LogP contribution in [0.5, 0.6) is 0 Å². The fourth-order valence-corrected chi connectivity index (χ4v) is 3.59. The maximum Gasteiger partial charge on any atom is 0.264 e. The van der Waals surface area contributed by atoms with E-state index in [1.807, 2.05) is 20.8 Å². The molecule has 0 aliphatic carbocycles. The molecule has 0 radical (unpaired) electrons. The number of hydroxylamine groups is 1. The first-order valence-electron chi connectivity index (χ1n) is 8.88. The summed E-state index contributed by atoms with van der Waals surface area (Å²) in [4.78, 5) is 21.8. The molecule has 3 aromatic rings. The molecule has 0 fully saturated rings. The van der Waals surface area contributed by atoms with E-state index in [1.165, 1.54) is 38.4 Å². The third kappa shape index (κ3) is 4.31. The molecule has 1 N–H and O–H groups in total. The van der Waals surface area contributed by atoms with Crippen LogP contribution in [-0.4, -0.2) is 37.9 Å². The number of carbonyl (C=O) groups is 1. The first-order valence-corrected chi connectivity index (χ1v) is 10.3. The van der Waals surface area contributed by atoms with E-state index in [0.29, 0.717) is 22.7 Å². The van der Waals surface area contributed by atoms with Crippen LogP contribution in [0.15, 0.2) is 51.8 Å². The van der Waals surface area contributed by atoms with E-state index in [-0.39, 0.29) is 15.9 Å². The summed E-state index contributed by atoms with van der Waals surface area (Å²) >= 11 is 0. The molecule has 3 rings (SSSR count). The number of sulfonamides is 1. The quantitative estimate of drug-likeness (QED) is 0.637. The number of oxazole rings is 1. The predicted octanol–water partition coefficient (Wildman–Crippen LogP) is 3.56. The Hall–Kier alpha value is -2.75. The van der Waals surface area contributed by atoms with E-state index < -0.39 is 15.9 Å². The fourth-order valence-electron chi connectivity index (χ4n) is 2.57. The van der Waals surface area contributed by atoms with Gasteiger partial charge in [-0.25, -0.2) is 13.4 Å². The molecule has 0 saturated heterocycles. The van der Waals surface area contributed by atoms with Crippen molar-refractivity contribution in [2.45, 2.75) is 31.1 Å². The normalized spacial score (nSPS) is 12.5. The largest absolute Gasteiger partial charge is 0.440 e. The highest BCUT2D eigenvalue weighted by Gasteiger charge is 2.23. The van der Waals surface area contributed by atoms with Crippen LogP contribution in [-0.2, 0) is 20.3 Å². The molecule has 1 amide bonds. The lowest BCUT2D eigenvalue weighted by atomic mass is 9.97. The molecule has 0 unspecified atom stereocenters. The molecular weight excluding hydrogens is 394 g/mol. The van der Waals surface area contributed by atoms with E-state index in [0.717, 1.165) is 4.47 Å².